The number of rotatable bonds is 2. The van der Waals surface area contributed by atoms with Crippen LogP contribution in [0.4, 0.5) is 17.3 Å². The van der Waals surface area contributed by atoms with Crippen molar-refractivity contribution in [2.24, 2.45) is 0 Å². The van der Waals surface area contributed by atoms with Crippen LogP contribution in [0.5, 0.6) is 0 Å². The number of nitrogens with zero attached hydrogens (tertiary/aromatic N) is 4. The van der Waals surface area contributed by atoms with E-state index in [2.05, 4.69) is 25.3 Å². The maximum atomic E-state index is 5.63. The van der Waals surface area contributed by atoms with Crippen molar-refractivity contribution < 1.29 is 0 Å². The molecule has 0 spiro atoms. The van der Waals surface area contributed by atoms with Crippen LogP contribution >= 0.6 is 0 Å². The second-order valence-corrected chi connectivity index (χ2v) is 2.54. The Balaban J connectivity index is 2.24. The fraction of sp³-hybridized carbons (Fsp3) is 0. The number of hydrogen-bond acceptors (Lipinski definition) is 6. The molecule has 2 heterocycles. The highest BCUT2D eigenvalue weighted by Crippen LogP contribution is 2.15. The van der Waals surface area contributed by atoms with Crippen molar-refractivity contribution in [3.05, 3.63) is 31.1 Å². The molecule has 0 radical (unpaired) electrons. The van der Waals surface area contributed by atoms with Gasteiger partial charge in [-0.05, 0) is 0 Å². The van der Waals surface area contributed by atoms with Gasteiger partial charge in [-0.15, -0.1) is 0 Å². The number of nitrogens with two attached hydrogens (primary N) is 1. The summed E-state index contributed by atoms with van der Waals surface area (Å²) >= 11 is 0. The van der Waals surface area contributed by atoms with Crippen molar-refractivity contribution in [3.63, 3.8) is 0 Å². The largest absolute Gasteiger partial charge is 0.394 e. The molecule has 2 rings (SSSR count). The van der Waals surface area contributed by atoms with Gasteiger partial charge >= 0.3 is 0 Å². The molecule has 2 aromatic rings. The molecule has 0 amide bonds. The average Bonchev–Trinajstić information content (AvgIpc) is 2.23. The van der Waals surface area contributed by atoms with E-state index in [1.807, 2.05) is 0 Å². The van der Waals surface area contributed by atoms with E-state index < -0.39 is 0 Å². The predicted molar refractivity (Wildman–Crippen MR) is 51.8 cm³/mol. The Morgan fingerprint density at radius 3 is 2.71 bits per heavy atom. The van der Waals surface area contributed by atoms with Gasteiger partial charge in [0, 0.05) is 12.4 Å². The molecule has 2 aromatic heterocycles. The van der Waals surface area contributed by atoms with Gasteiger partial charge in [-0.25, -0.2) is 15.0 Å². The minimum absolute atomic E-state index is 0.471. The summed E-state index contributed by atoms with van der Waals surface area (Å²) < 4.78 is 0. The van der Waals surface area contributed by atoms with Gasteiger partial charge in [-0.1, -0.05) is 0 Å². The maximum absolute atomic E-state index is 5.63. The molecule has 14 heavy (non-hydrogen) atoms. The number of anilines is 3. The zero-order valence-electron chi connectivity index (χ0n) is 7.25. The lowest BCUT2D eigenvalue weighted by Gasteiger charge is -2.04. The van der Waals surface area contributed by atoms with Crippen molar-refractivity contribution in [2.75, 3.05) is 11.1 Å². The third-order valence-corrected chi connectivity index (χ3v) is 1.55. The number of nitrogens with one attached hydrogen (secondary N) is 1. The summed E-state index contributed by atoms with van der Waals surface area (Å²) in [5, 5.41) is 2.92. The Morgan fingerprint density at radius 1 is 1.07 bits per heavy atom. The lowest BCUT2D eigenvalue weighted by atomic mass is 10.5. The standard InChI is InChI=1S/C8H8N6/c9-6-3-11-5-13-8(6)14-7-4-10-1-2-12-7/h1-5H,9H2,(H,11,12,13,14). The Labute approximate surface area is 80.3 Å². The van der Waals surface area contributed by atoms with Gasteiger partial charge in [-0.2, -0.15) is 0 Å². The second-order valence-electron chi connectivity index (χ2n) is 2.54. The van der Waals surface area contributed by atoms with Crippen LogP contribution in [0.15, 0.2) is 31.1 Å². The summed E-state index contributed by atoms with van der Waals surface area (Å²) in [4.78, 5) is 15.7. The fourth-order valence-corrected chi connectivity index (χ4v) is 0.930. The first kappa shape index (κ1) is 8.36. The van der Waals surface area contributed by atoms with Crippen LogP contribution in [-0.4, -0.2) is 19.9 Å². The van der Waals surface area contributed by atoms with Gasteiger partial charge < -0.3 is 11.1 Å². The molecule has 0 aliphatic carbocycles. The monoisotopic (exact) mass is 188 g/mol. The van der Waals surface area contributed by atoms with E-state index in [0.29, 0.717) is 17.3 Å². The summed E-state index contributed by atoms with van der Waals surface area (Å²) in [6, 6.07) is 0. The predicted octanol–water partition coefficient (Wildman–Crippen LogP) is 0.592. The third-order valence-electron chi connectivity index (χ3n) is 1.55. The van der Waals surface area contributed by atoms with Crippen LogP contribution in [-0.2, 0) is 0 Å². The van der Waals surface area contributed by atoms with Crippen LogP contribution in [0.1, 0.15) is 0 Å². The molecular weight excluding hydrogens is 180 g/mol. The summed E-state index contributed by atoms with van der Waals surface area (Å²) in [6.07, 6.45) is 7.69. The fourth-order valence-electron chi connectivity index (χ4n) is 0.930. The van der Waals surface area contributed by atoms with E-state index in [1.54, 1.807) is 18.6 Å². The molecule has 0 fully saturated rings. The molecule has 0 aliphatic heterocycles. The van der Waals surface area contributed by atoms with E-state index in [0.717, 1.165) is 0 Å². The lowest BCUT2D eigenvalue weighted by molar-refractivity contribution is 1.14. The van der Waals surface area contributed by atoms with Crippen molar-refractivity contribution in [3.8, 4) is 0 Å². The first-order valence-electron chi connectivity index (χ1n) is 3.95. The number of nitrogen functional groups attached to an aromatic ring is 1. The number of hydrogen-bond donors (Lipinski definition) is 2. The minimum Gasteiger partial charge on any atom is -0.394 e. The number of aromatic nitrogens is 4. The molecule has 6 nitrogen and oxygen atoms in total. The molecule has 0 atom stereocenters. The topological polar surface area (TPSA) is 89.6 Å². The van der Waals surface area contributed by atoms with Crippen molar-refractivity contribution in [1.29, 1.82) is 0 Å². The quantitative estimate of drug-likeness (QED) is 0.717. The average molecular weight is 188 g/mol. The van der Waals surface area contributed by atoms with Gasteiger partial charge in [0.2, 0.25) is 0 Å². The third kappa shape index (κ3) is 1.74. The van der Waals surface area contributed by atoms with Crippen LogP contribution in [0, 0.1) is 0 Å². The summed E-state index contributed by atoms with van der Waals surface area (Å²) in [7, 11) is 0. The highest BCUT2D eigenvalue weighted by molar-refractivity contribution is 5.64. The molecule has 3 N–H and O–H groups in total. The van der Waals surface area contributed by atoms with Crippen molar-refractivity contribution in [2.45, 2.75) is 0 Å². The van der Waals surface area contributed by atoms with Gasteiger partial charge in [0.25, 0.3) is 0 Å². The van der Waals surface area contributed by atoms with Crippen LogP contribution in [0.25, 0.3) is 0 Å². The van der Waals surface area contributed by atoms with Crippen LogP contribution in [0.2, 0.25) is 0 Å². The Kier molecular flexibility index (Phi) is 2.18. The first-order chi connectivity index (χ1) is 6.86. The van der Waals surface area contributed by atoms with E-state index in [1.165, 1.54) is 12.5 Å². The zero-order valence-corrected chi connectivity index (χ0v) is 7.25. The molecule has 6 heteroatoms. The molecule has 0 unspecified atom stereocenters. The lowest BCUT2D eigenvalue weighted by Crippen LogP contribution is -2.00. The van der Waals surface area contributed by atoms with E-state index >= 15 is 0 Å². The molecule has 70 valence electrons. The van der Waals surface area contributed by atoms with Gasteiger partial charge in [0.15, 0.2) is 5.82 Å². The van der Waals surface area contributed by atoms with E-state index in [-0.39, 0.29) is 0 Å². The first-order valence-corrected chi connectivity index (χ1v) is 3.95. The Bertz CT molecular complexity index is 415. The van der Waals surface area contributed by atoms with E-state index in [4.69, 9.17) is 5.73 Å². The highest BCUT2D eigenvalue weighted by atomic mass is 15.1. The molecule has 0 aromatic carbocycles. The van der Waals surface area contributed by atoms with Gasteiger partial charge in [0.05, 0.1) is 18.1 Å². The van der Waals surface area contributed by atoms with Crippen molar-refractivity contribution in [1.82, 2.24) is 19.9 Å². The maximum Gasteiger partial charge on any atom is 0.158 e. The van der Waals surface area contributed by atoms with E-state index in [9.17, 15) is 0 Å². The highest BCUT2D eigenvalue weighted by Gasteiger charge is 2.00. The SMILES string of the molecule is Nc1cncnc1Nc1cnccn1. The normalized spacial score (nSPS) is 9.71. The molecule has 0 saturated heterocycles. The Morgan fingerprint density at radius 2 is 2.00 bits per heavy atom. The van der Waals surface area contributed by atoms with Gasteiger partial charge in [0.1, 0.15) is 12.1 Å². The minimum atomic E-state index is 0.471. The molecular formula is C8H8N6. The summed E-state index contributed by atoms with van der Waals surface area (Å²) in [5.41, 5.74) is 6.10. The van der Waals surface area contributed by atoms with Crippen molar-refractivity contribution >= 4 is 17.3 Å². The Hall–Kier alpha value is -2.24. The zero-order chi connectivity index (χ0) is 9.80. The summed E-state index contributed by atoms with van der Waals surface area (Å²) in [5.74, 6) is 1.12. The molecule has 0 saturated carbocycles. The molecule has 0 bridgehead atoms. The van der Waals surface area contributed by atoms with Crippen LogP contribution in [0.3, 0.4) is 0 Å². The second kappa shape index (κ2) is 3.65. The summed E-state index contributed by atoms with van der Waals surface area (Å²) in [6.45, 7) is 0. The smallest absolute Gasteiger partial charge is 0.158 e. The van der Waals surface area contributed by atoms with Crippen LogP contribution < -0.4 is 11.1 Å². The van der Waals surface area contributed by atoms with Gasteiger partial charge in [-0.3, -0.25) is 4.98 Å². The molecule has 0 aliphatic rings.